The summed E-state index contributed by atoms with van der Waals surface area (Å²) >= 11 is 1.72. The van der Waals surface area contributed by atoms with Gasteiger partial charge in [0.1, 0.15) is 5.82 Å². The molecule has 0 aliphatic carbocycles. The monoisotopic (exact) mass is 275 g/mol. The summed E-state index contributed by atoms with van der Waals surface area (Å²) < 4.78 is 38.8. The van der Waals surface area contributed by atoms with Gasteiger partial charge in [0.15, 0.2) is 5.65 Å². The highest BCUT2D eigenvalue weighted by molar-refractivity contribution is 7.99. The number of aromatic nitrogens is 4. The highest BCUT2D eigenvalue weighted by atomic mass is 32.2. The molecule has 0 unspecified atom stereocenters. The molecule has 3 rings (SSSR count). The van der Waals surface area contributed by atoms with Gasteiger partial charge in [-0.15, -0.1) is 27.1 Å². The van der Waals surface area contributed by atoms with Crippen LogP contribution in [0, 0.1) is 0 Å². The second-order valence-corrected chi connectivity index (χ2v) is 4.86. The summed E-state index contributed by atoms with van der Waals surface area (Å²) in [5, 5.41) is 10.6. The number of fused-ring (bicyclic) bond motifs is 1. The van der Waals surface area contributed by atoms with Crippen molar-refractivity contribution in [2.45, 2.75) is 6.18 Å². The maximum absolute atomic E-state index is 12.7. The number of hydrogen-bond donors (Lipinski definition) is 0. The smallest absolute Gasteiger partial charge is 0.345 e. The molecule has 0 radical (unpaired) electrons. The minimum absolute atomic E-state index is 0.0953. The maximum atomic E-state index is 12.7. The molecule has 1 fully saturated rings. The van der Waals surface area contributed by atoms with Crippen LogP contribution in [0.15, 0.2) is 12.1 Å². The maximum Gasteiger partial charge on any atom is 0.453 e. The number of thioether (sulfide) groups is 1. The first kappa shape index (κ1) is 11.6. The van der Waals surface area contributed by atoms with E-state index in [1.54, 1.807) is 17.8 Å². The third-order valence-corrected chi connectivity index (χ3v) is 3.54. The van der Waals surface area contributed by atoms with Crippen LogP contribution in [0.2, 0.25) is 0 Å². The molecule has 3 heterocycles. The Hall–Kier alpha value is -1.51. The summed E-state index contributed by atoms with van der Waals surface area (Å²) in [5.41, 5.74) is 0.0953. The van der Waals surface area contributed by atoms with Gasteiger partial charge < -0.3 is 4.90 Å². The van der Waals surface area contributed by atoms with Gasteiger partial charge in [-0.3, -0.25) is 0 Å². The molecule has 96 valence electrons. The van der Waals surface area contributed by atoms with Gasteiger partial charge >= 0.3 is 6.18 Å². The minimum atomic E-state index is -4.55. The lowest BCUT2D eigenvalue weighted by molar-refractivity contribution is -0.146. The standard InChI is InChI=1S/C9H8F3N5S/c10-9(11,12)8-14-13-6-1-2-7(15-17(6)8)16-3-4-18-5-16/h1-2H,3-5H2. The predicted molar refractivity (Wildman–Crippen MR) is 60.5 cm³/mol. The number of hydrogen-bond acceptors (Lipinski definition) is 5. The van der Waals surface area contributed by atoms with Crippen LogP contribution >= 0.6 is 11.8 Å². The molecule has 2 aromatic heterocycles. The van der Waals surface area contributed by atoms with Gasteiger partial charge in [0.25, 0.3) is 5.82 Å². The molecule has 0 N–H and O–H groups in total. The molecule has 0 atom stereocenters. The predicted octanol–water partition coefficient (Wildman–Crippen LogP) is 1.65. The number of anilines is 1. The van der Waals surface area contributed by atoms with Gasteiger partial charge in [0.2, 0.25) is 0 Å². The molecule has 1 saturated heterocycles. The molecular weight excluding hydrogens is 267 g/mol. The SMILES string of the molecule is FC(F)(F)c1nnc2ccc(N3CCSC3)nn12. The second-order valence-electron chi connectivity index (χ2n) is 3.78. The van der Waals surface area contributed by atoms with Crippen molar-refractivity contribution in [1.82, 2.24) is 19.8 Å². The van der Waals surface area contributed by atoms with E-state index in [2.05, 4.69) is 15.3 Å². The van der Waals surface area contributed by atoms with Crippen molar-refractivity contribution in [2.75, 3.05) is 23.1 Å². The second kappa shape index (κ2) is 4.01. The van der Waals surface area contributed by atoms with Crippen molar-refractivity contribution in [2.24, 2.45) is 0 Å². The van der Waals surface area contributed by atoms with Crippen LogP contribution in [-0.4, -0.2) is 38.0 Å². The Morgan fingerprint density at radius 2 is 2.06 bits per heavy atom. The van der Waals surface area contributed by atoms with Crippen molar-refractivity contribution in [3.63, 3.8) is 0 Å². The van der Waals surface area contributed by atoms with Gasteiger partial charge in [-0.2, -0.15) is 17.7 Å². The molecule has 9 heteroatoms. The average Bonchev–Trinajstić information content (AvgIpc) is 2.96. The van der Waals surface area contributed by atoms with E-state index in [0.717, 1.165) is 22.7 Å². The van der Waals surface area contributed by atoms with Gasteiger partial charge in [-0.05, 0) is 12.1 Å². The molecule has 2 aromatic rings. The van der Waals surface area contributed by atoms with Crippen molar-refractivity contribution >= 4 is 23.2 Å². The molecule has 0 aromatic carbocycles. The molecule has 5 nitrogen and oxygen atoms in total. The van der Waals surface area contributed by atoms with E-state index in [1.807, 2.05) is 4.90 Å². The molecule has 1 aliphatic heterocycles. The fraction of sp³-hybridized carbons (Fsp3) is 0.444. The summed E-state index contributed by atoms with van der Waals surface area (Å²) in [4.78, 5) is 1.92. The largest absolute Gasteiger partial charge is 0.453 e. The summed E-state index contributed by atoms with van der Waals surface area (Å²) in [6.45, 7) is 0.784. The quantitative estimate of drug-likeness (QED) is 0.792. The first-order chi connectivity index (χ1) is 8.55. The Morgan fingerprint density at radius 3 is 2.72 bits per heavy atom. The first-order valence-corrected chi connectivity index (χ1v) is 6.33. The van der Waals surface area contributed by atoms with E-state index in [0.29, 0.717) is 5.82 Å². The number of nitrogens with zero attached hydrogens (tertiary/aromatic N) is 5. The zero-order chi connectivity index (χ0) is 12.8. The number of halogens is 3. The molecule has 0 amide bonds. The lowest BCUT2D eigenvalue weighted by atomic mass is 10.4. The van der Waals surface area contributed by atoms with Crippen molar-refractivity contribution in [3.8, 4) is 0 Å². The molecule has 0 bridgehead atoms. The third-order valence-electron chi connectivity index (χ3n) is 2.58. The van der Waals surface area contributed by atoms with Crippen molar-refractivity contribution in [3.05, 3.63) is 18.0 Å². The highest BCUT2D eigenvalue weighted by Gasteiger charge is 2.37. The first-order valence-electron chi connectivity index (χ1n) is 5.18. The summed E-state index contributed by atoms with van der Waals surface area (Å²) in [6, 6.07) is 3.16. The van der Waals surface area contributed by atoms with Crippen LogP contribution < -0.4 is 4.90 Å². The molecular formula is C9H8F3N5S. The minimum Gasteiger partial charge on any atom is -0.345 e. The molecule has 18 heavy (non-hydrogen) atoms. The van der Waals surface area contributed by atoms with Crippen LogP contribution in [0.4, 0.5) is 19.0 Å². The normalized spacial score (nSPS) is 16.7. The Labute approximate surface area is 104 Å². The van der Waals surface area contributed by atoms with Crippen LogP contribution in [0.25, 0.3) is 5.65 Å². The zero-order valence-corrected chi connectivity index (χ0v) is 9.87. The van der Waals surface area contributed by atoms with Crippen molar-refractivity contribution < 1.29 is 13.2 Å². The average molecular weight is 275 g/mol. The fourth-order valence-electron chi connectivity index (χ4n) is 1.72. The Kier molecular flexibility index (Phi) is 2.58. The van der Waals surface area contributed by atoms with Crippen LogP contribution in [0.1, 0.15) is 5.82 Å². The summed E-state index contributed by atoms with van der Waals surface area (Å²) in [6.07, 6.45) is -4.55. The topological polar surface area (TPSA) is 46.3 Å². The van der Waals surface area contributed by atoms with Crippen molar-refractivity contribution in [1.29, 1.82) is 0 Å². The number of alkyl halides is 3. The Balaban J connectivity index is 2.09. The van der Waals surface area contributed by atoms with Crippen LogP contribution in [0.5, 0.6) is 0 Å². The van der Waals surface area contributed by atoms with Gasteiger partial charge in [-0.25, -0.2) is 0 Å². The van der Waals surface area contributed by atoms with E-state index in [4.69, 9.17) is 0 Å². The van der Waals surface area contributed by atoms with Gasteiger partial charge in [0, 0.05) is 12.3 Å². The lowest BCUT2D eigenvalue weighted by Gasteiger charge is -2.15. The van der Waals surface area contributed by atoms with Crippen LogP contribution in [-0.2, 0) is 6.18 Å². The Bertz CT molecular complexity index is 575. The highest BCUT2D eigenvalue weighted by Crippen LogP contribution is 2.28. The molecule has 0 spiro atoms. The van der Waals surface area contributed by atoms with Gasteiger partial charge in [-0.1, -0.05) is 0 Å². The van der Waals surface area contributed by atoms with E-state index in [1.165, 1.54) is 6.07 Å². The lowest BCUT2D eigenvalue weighted by Crippen LogP contribution is -2.21. The molecule has 1 aliphatic rings. The van der Waals surface area contributed by atoms with Crippen LogP contribution in [0.3, 0.4) is 0 Å². The molecule has 0 saturated carbocycles. The van der Waals surface area contributed by atoms with E-state index >= 15 is 0 Å². The Morgan fingerprint density at radius 1 is 1.22 bits per heavy atom. The van der Waals surface area contributed by atoms with E-state index < -0.39 is 12.0 Å². The van der Waals surface area contributed by atoms with E-state index in [-0.39, 0.29) is 5.65 Å². The van der Waals surface area contributed by atoms with E-state index in [9.17, 15) is 13.2 Å². The summed E-state index contributed by atoms with van der Waals surface area (Å²) in [5.74, 6) is 1.11. The third kappa shape index (κ3) is 1.88. The van der Waals surface area contributed by atoms with Gasteiger partial charge in [0.05, 0.1) is 5.88 Å². The zero-order valence-electron chi connectivity index (χ0n) is 9.05. The number of rotatable bonds is 1. The fourth-order valence-corrected chi connectivity index (χ4v) is 2.68. The summed E-state index contributed by atoms with van der Waals surface area (Å²) in [7, 11) is 0.